The minimum Gasteiger partial charge on any atom is -0.200 e. The lowest BCUT2D eigenvalue weighted by molar-refractivity contribution is -0.659. The van der Waals surface area contributed by atoms with E-state index in [4.69, 9.17) is 2.74 Å². The van der Waals surface area contributed by atoms with Gasteiger partial charge in [-0.1, -0.05) is 97.7 Å². The number of nitrogens with zero attached hydrogens (tertiary/aromatic N) is 1. The van der Waals surface area contributed by atoms with Crippen LogP contribution in [0.1, 0.15) is 82.6 Å². The lowest BCUT2D eigenvalue weighted by Gasteiger charge is -2.24. The first kappa shape index (κ1) is 22.3. The van der Waals surface area contributed by atoms with Gasteiger partial charge in [-0.2, -0.15) is 0 Å². The van der Waals surface area contributed by atoms with E-state index < -0.39 is 8.07 Å². The molecule has 2 saturated carbocycles. The molecule has 37 heavy (non-hydrogen) atoms. The number of rotatable bonds is 5. The summed E-state index contributed by atoms with van der Waals surface area (Å²) in [5.74, 6) is 1.30. The van der Waals surface area contributed by atoms with Crippen molar-refractivity contribution in [2.45, 2.75) is 83.2 Å². The molecule has 0 amide bonds. The summed E-state index contributed by atoms with van der Waals surface area (Å²) >= 11 is 0. The number of fused-ring (bicyclic) bond motifs is 1. The number of hydrogen-bond acceptors (Lipinski definition) is 0. The summed E-state index contributed by atoms with van der Waals surface area (Å²) in [6.45, 7) is 7.09. The minimum atomic E-state index is -1.94. The minimum absolute atomic E-state index is 0.293. The predicted molar refractivity (Wildman–Crippen MR) is 161 cm³/mol. The Hall–Kier alpha value is -2.71. The smallest absolute Gasteiger partial charge is 0.200 e. The van der Waals surface area contributed by atoms with Gasteiger partial charge in [0.25, 0.3) is 0 Å². The monoisotopic (exact) mass is 506 g/mol. The Labute approximate surface area is 227 Å². The molecule has 2 aliphatic carbocycles. The topological polar surface area (TPSA) is 3.88 Å². The first-order valence-corrected chi connectivity index (χ1v) is 17.4. The summed E-state index contributed by atoms with van der Waals surface area (Å²) in [7, 11) is 0.0496. The molecule has 6 rings (SSSR count). The van der Waals surface area contributed by atoms with Crippen LogP contribution in [0, 0.1) is 6.92 Å². The number of hydrogen-bond donors (Lipinski definition) is 0. The standard InChI is InChI=1S/C35H42NSi/c1-25-33(27-14-10-11-15-27)23-29(26-12-8-9-13-26)24-34(25)35-32-19-18-31(22-28(32)20-21-36(35)2)37(3,4)30-16-6-5-7-17-30/h5-7,16-24,26-27H,8-15H2,1-4H3/q+1/i20D,21D. The number of pyridine rings is 1. The predicted octanol–water partition coefficient (Wildman–Crippen LogP) is 7.78. The lowest BCUT2D eigenvalue weighted by Crippen LogP contribution is -2.52. The van der Waals surface area contributed by atoms with Crippen LogP contribution in [0.4, 0.5) is 0 Å². The molecule has 0 spiro atoms. The molecular formula is C35H42NSi+. The fourth-order valence-corrected chi connectivity index (χ4v) is 9.50. The molecule has 1 heterocycles. The molecule has 3 aromatic carbocycles. The van der Waals surface area contributed by atoms with E-state index in [0.717, 1.165) is 16.5 Å². The molecule has 2 aliphatic rings. The van der Waals surface area contributed by atoms with Gasteiger partial charge in [0.05, 0.1) is 12.3 Å². The van der Waals surface area contributed by atoms with E-state index in [0.29, 0.717) is 24.1 Å². The normalized spacial score (nSPS) is 17.9. The maximum atomic E-state index is 9.01. The zero-order valence-electron chi connectivity index (χ0n) is 25.0. The Kier molecular flexibility index (Phi) is 5.95. The van der Waals surface area contributed by atoms with Gasteiger partial charge in [-0.25, -0.2) is 4.57 Å². The van der Waals surface area contributed by atoms with Crippen molar-refractivity contribution in [1.82, 2.24) is 0 Å². The van der Waals surface area contributed by atoms with Crippen molar-refractivity contribution >= 4 is 29.2 Å². The van der Waals surface area contributed by atoms with Gasteiger partial charge >= 0.3 is 0 Å². The third kappa shape index (κ3) is 4.48. The molecule has 0 atom stereocenters. The molecular weight excluding hydrogens is 462 g/mol. The largest absolute Gasteiger partial charge is 0.220 e. The van der Waals surface area contributed by atoms with E-state index >= 15 is 0 Å². The van der Waals surface area contributed by atoms with Crippen LogP contribution in [0.25, 0.3) is 22.0 Å². The Morgan fingerprint density at radius 2 is 1.49 bits per heavy atom. The van der Waals surface area contributed by atoms with Crippen molar-refractivity contribution in [3.63, 3.8) is 0 Å². The maximum absolute atomic E-state index is 9.01. The fraction of sp³-hybridized carbons (Fsp3) is 0.400. The fourth-order valence-electron chi connectivity index (χ4n) is 7.13. The van der Waals surface area contributed by atoms with Crippen molar-refractivity contribution in [3.05, 3.63) is 89.6 Å². The Morgan fingerprint density at radius 3 is 2.19 bits per heavy atom. The molecule has 0 N–H and O–H groups in total. The third-order valence-electron chi connectivity index (χ3n) is 9.53. The summed E-state index contributed by atoms with van der Waals surface area (Å²) in [5, 5.41) is 4.72. The van der Waals surface area contributed by atoms with Crippen molar-refractivity contribution in [3.8, 4) is 11.3 Å². The summed E-state index contributed by atoms with van der Waals surface area (Å²) in [5.41, 5.74) is 6.79. The second kappa shape index (κ2) is 9.87. The third-order valence-corrected chi connectivity index (χ3v) is 13.1. The van der Waals surface area contributed by atoms with Crippen LogP contribution in [0.2, 0.25) is 13.1 Å². The summed E-state index contributed by atoms with van der Waals surface area (Å²) in [6, 6.07) is 23.0. The average Bonchev–Trinajstić information content (AvgIpc) is 3.68. The van der Waals surface area contributed by atoms with Crippen molar-refractivity contribution in [2.75, 3.05) is 0 Å². The highest BCUT2D eigenvalue weighted by Crippen LogP contribution is 2.43. The van der Waals surface area contributed by atoms with Gasteiger partial charge in [0, 0.05) is 6.04 Å². The molecule has 0 bridgehead atoms. The quantitative estimate of drug-likeness (QED) is 0.192. The van der Waals surface area contributed by atoms with Crippen LogP contribution in [0.15, 0.2) is 72.9 Å². The van der Waals surface area contributed by atoms with Crippen LogP contribution in [-0.4, -0.2) is 8.07 Å². The number of benzene rings is 3. The zero-order valence-corrected chi connectivity index (χ0v) is 24.0. The van der Waals surface area contributed by atoms with E-state index in [9.17, 15) is 0 Å². The van der Waals surface area contributed by atoms with E-state index in [1.807, 2.05) is 11.6 Å². The Bertz CT molecular complexity index is 1530. The molecule has 4 aromatic rings. The summed E-state index contributed by atoms with van der Waals surface area (Å²) in [4.78, 5) is 0. The number of aromatic nitrogens is 1. The van der Waals surface area contributed by atoms with E-state index in [1.54, 1.807) is 0 Å². The van der Waals surface area contributed by atoms with Gasteiger partial charge in [0.1, 0.15) is 16.5 Å². The second-order valence-electron chi connectivity index (χ2n) is 12.1. The Morgan fingerprint density at radius 1 is 0.811 bits per heavy atom. The molecule has 190 valence electrons. The van der Waals surface area contributed by atoms with Gasteiger partial charge in [-0.05, 0) is 78.7 Å². The van der Waals surface area contributed by atoms with Crippen LogP contribution in [0.3, 0.4) is 0 Å². The van der Waals surface area contributed by atoms with Gasteiger partial charge in [0.2, 0.25) is 5.69 Å². The van der Waals surface area contributed by atoms with Crippen LogP contribution < -0.4 is 14.9 Å². The molecule has 0 aliphatic heterocycles. The van der Waals surface area contributed by atoms with Crippen LogP contribution in [0.5, 0.6) is 0 Å². The lowest BCUT2D eigenvalue weighted by atomic mass is 9.84. The molecule has 2 fully saturated rings. The molecule has 1 aromatic heterocycles. The highest BCUT2D eigenvalue weighted by Gasteiger charge is 2.29. The van der Waals surface area contributed by atoms with Crippen LogP contribution in [-0.2, 0) is 7.05 Å². The molecule has 2 heteroatoms. The van der Waals surface area contributed by atoms with Crippen molar-refractivity contribution in [2.24, 2.45) is 7.05 Å². The molecule has 0 radical (unpaired) electrons. The highest BCUT2D eigenvalue weighted by atomic mass is 28.3. The molecule has 0 unspecified atom stereocenters. The first-order chi connectivity index (χ1) is 18.8. The van der Waals surface area contributed by atoms with Crippen molar-refractivity contribution in [1.29, 1.82) is 0 Å². The second-order valence-corrected chi connectivity index (χ2v) is 16.5. The van der Waals surface area contributed by atoms with Gasteiger partial charge in [-0.15, -0.1) is 0 Å². The van der Waals surface area contributed by atoms with Gasteiger partial charge < -0.3 is 0 Å². The van der Waals surface area contributed by atoms with E-state index in [1.165, 1.54) is 84.0 Å². The first-order valence-electron chi connectivity index (χ1n) is 15.4. The van der Waals surface area contributed by atoms with Gasteiger partial charge in [0.15, 0.2) is 6.17 Å². The average molecular weight is 507 g/mol. The van der Waals surface area contributed by atoms with E-state index in [-0.39, 0.29) is 0 Å². The maximum Gasteiger partial charge on any atom is 0.220 e. The van der Waals surface area contributed by atoms with Gasteiger partial charge in [-0.3, -0.25) is 0 Å². The summed E-state index contributed by atoms with van der Waals surface area (Å²) in [6.07, 6.45) is 10.8. The Balaban J connectivity index is 1.58. The van der Waals surface area contributed by atoms with Crippen molar-refractivity contribution < 1.29 is 7.31 Å². The van der Waals surface area contributed by atoms with Crippen LogP contribution >= 0.6 is 0 Å². The molecule has 0 saturated heterocycles. The SMILES string of the molecule is [2H]c1c([2H])[n+](C)c(-c2cc(C3CCCC3)cc(C3CCCC3)c2C)c2ccc([Si](C)(C)c3ccccc3)cc12. The summed E-state index contributed by atoms with van der Waals surface area (Å²) < 4.78 is 20.0. The molecule has 1 nitrogen and oxygen atoms in total. The highest BCUT2D eigenvalue weighted by molar-refractivity contribution is 7.00. The zero-order chi connectivity index (χ0) is 27.3. The van der Waals surface area contributed by atoms with E-state index in [2.05, 4.69) is 80.7 Å².